The van der Waals surface area contributed by atoms with Gasteiger partial charge in [0.1, 0.15) is 12.6 Å². The Morgan fingerprint density at radius 3 is 2.29 bits per heavy atom. The first kappa shape index (κ1) is 22.8. The van der Waals surface area contributed by atoms with Crippen molar-refractivity contribution in [3.05, 3.63) is 59.7 Å². The van der Waals surface area contributed by atoms with Crippen LogP contribution in [0.1, 0.15) is 43.2 Å². The maximum Gasteiger partial charge on any atom is 0.407 e. The van der Waals surface area contributed by atoms with E-state index in [-0.39, 0.29) is 30.2 Å². The number of aliphatic carboxylic acids is 1. The van der Waals surface area contributed by atoms with Crippen molar-refractivity contribution >= 4 is 29.7 Å². The number of hydrogen-bond acceptors (Lipinski definition) is 5. The molecule has 1 saturated heterocycles. The monoisotopic (exact) mass is 480 g/mol. The van der Waals surface area contributed by atoms with E-state index in [9.17, 15) is 19.5 Å². The topological polar surface area (TPSA) is 95.9 Å². The summed E-state index contributed by atoms with van der Waals surface area (Å²) in [6, 6.07) is 15.0. The van der Waals surface area contributed by atoms with Crippen molar-refractivity contribution in [1.82, 2.24) is 10.2 Å². The molecule has 0 radical (unpaired) electrons. The van der Waals surface area contributed by atoms with Crippen LogP contribution in [0.4, 0.5) is 4.79 Å². The minimum absolute atomic E-state index is 0.0349. The second-order valence-electron chi connectivity index (χ2n) is 9.29. The van der Waals surface area contributed by atoms with Gasteiger partial charge in [-0.3, -0.25) is 4.79 Å². The first-order chi connectivity index (χ1) is 16.4. The summed E-state index contributed by atoms with van der Waals surface area (Å²) >= 11 is 1.55. The first-order valence-electron chi connectivity index (χ1n) is 11.7. The van der Waals surface area contributed by atoms with Crippen LogP contribution < -0.4 is 5.32 Å². The summed E-state index contributed by atoms with van der Waals surface area (Å²) in [6.45, 7) is 1.94. The third-order valence-corrected chi connectivity index (χ3v) is 8.28. The highest BCUT2D eigenvalue weighted by atomic mass is 32.2. The summed E-state index contributed by atoms with van der Waals surface area (Å²) in [7, 11) is 0. The number of carboxylic acid groups (broad SMARTS) is 1. The Balaban J connectivity index is 1.18. The number of carbonyl (C=O) groups excluding carboxylic acids is 2. The Bertz CT molecular complexity index is 1070. The first-order valence-corrected chi connectivity index (χ1v) is 12.8. The highest BCUT2D eigenvalue weighted by Crippen LogP contribution is 2.46. The molecule has 1 saturated carbocycles. The van der Waals surface area contributed by atoms with Crippen LogP contribution in [-0.4, -0.2) is 57.8 Å². The molecule has 0 spiro atoms. The average molecular weight is 481 g/mol. The number of amides is 2. The fourth-order valence-corrected chi connectivity index (χ4v) is 6.69. The number of fused-ring (bicyclic) bond motifs is 3. The van der Waals surface area contributed by atoms with Gasteiger partial charge in [-0.1, -0.05) is 48.5 Å². The fraction of sp³-hybridized carbons (Fsp3) is 0.423. The highest BCUT2D eigenvalue weighted by Gasteiger charge is 2.48. The van der Waals surface area contributed by atoms with Crippen molar-refractivity contribution in [2.75, 3.05) is 12.4 Å². The van der Waals surface area contributed by atoms with Crippen LogP contribution in [-0.2, 0) is 14.3 Å². The predicted octanol–water partition coefficient (Wildman–Crippen LogP) is 4.07. The normalized spacial score (nSPS) is 22.1. The standard InChI is InChI=1S/C26H28N2O5S/c1-15(12-23(29)28-22(25(30)31)14-34-24(28)16-10-11-16)27-26(32)33-13-21-19-8-4-2-6-17(19)18-7-3-5-9-20(18)21/h2-9,15-16,21-22,24H,10-14H2,1H3,(H,27,32)(H,30,31)/t15-,22?,24?/m1/s1. The number of carbonyl (C=O) groups is 3. The Kier molecular flexibility index (Phi) is 6.25. The third kappa shape index (κ3) is 4.39. The SMILES string of the molecule is C[C@H](CC(=O)N1C(C(=O)O)CSC1C1CC1)NC(=O)OCC1c2ccccc2-c2ccccc21. The van der Waals surface area contributed by atoms with Crippen molar-refractivity contribution in [3.63, 3.8) is 0 Å². The van der Waals surface area contributed by atoms with E-state index in [1.165, 1.54) is 4.90 Å². The molecule has 5 rings (SSSR count). The molecule has 2 aromatic carbocycles. The molecule has 2 aliphatic carbocycles. The van der Waals surface area contributed by atoms with Crippen molar-refractivity contribution < 1.29 is 24.2 Å². The highest BCUT2D eigenvalue weighted by molar-refractivity contribution is 8.00. The van der Waals surface area contributed by atoms with E-state index < -0.39 is 24.1 Å². The fourth-order valence-electron chi connectivity index (χ4n) is 5.04. The lowest BCUT2D eigenvalue weighted by molar-refractivity contribution is -0.149. The van der Waals surface area contributed by atoms with Gasteiger partial charge in [0.2, 0.25) is 5.91 Å². The molecule has 8 heteroatoms. The Morgan fingerprint density at radius 1 is 1.09 bits per heavy atom. The van der Waals surface area contributed by atoms with Crippen molar-refractivity contribution in [3.8, 4) is 11.1 Å². The van der Waals surface area contributed by atoms with Gasteiger partial charge in [-0.25, -0.2) is 9.59 Å². The molecule has 3 atom stereocenters. The number of alkyl carbamates (subject to hydrolysis) is 1. The zero-order valence-corrected chi connectivity index (χ0v) is 19.8. The number of nitrogens with one attached hydrogen (secondary N) is 1. The van der Waals surface area contributed by atoms with Crippen LogP contribution in [0.15, 0.2) is 48.5 Å². The van der Waals surface area contributed by atoms with E-state index in [0.717, 1.165) is 35.1 Å². The van der Waals surface area contributed by atoms with Gasteiger partial charge >= 0.3 is 12.1 Å². The Labute approximate surface area is 202 Å². The van der Waals surface area contributed by atoms with Crippen LogP contribution in [0.2, 0.25) is 0 Å². The molecule has 1 aliphatic heterocycles. The maximum atomic E-state index is 13.0. The Hall–Kier alpha value is -3.00. The maximum absolute atomic E-state index is 13.0. The van der Waals surface area contributed by atoms with Crippen LogP contribution in [0.5, 0.6) is 0 Å². The summed E-state index contributed by atoms with van der Waals surface area (Å²) in [4.78, 5) is 38.7. The Morgan fingerprint density at radius 2 is 1.71 bits per heavy atom. The van der Waals surface area contributed by atoms with E-state index in [1.807, 2.05) is 24.3 Å². The van der Waals surface area contributed by atoms with Crippen LogP contribution in [0.3, 0.4) is 0 Å². The predicted molar refractivity (Wildman–Crippen MR) is 130 cm³/mol. The smallest absolute Gasteiger partial charge is 0.407 e. The van der Waals surface area contributed by atoms with Gasteiger partial charge in [-0.05, 0) is 47.9 Å². The summed E-state index contributed by atoms with van der Waals surface area (Å²) in [5.74, 6) is -0.450. The molecule has 1 heterocycles. The molecule has 2 fully saturated rings. The van der Waals surface area contributed by atoms with E-state index in [2.05, 4.69) is 29.6 Å². The molecule has 0 aromatic heterocycles. The zero-order chi connectivity index (χ0) is 23.8. The molecule has 0 bridgehead atoms. The molecular weight excluding hydrogens is 452 g/mol. The molecular formula is C26H28N2O5S. The number of carboxylic acids is 1. The molecule has 2 N–H and O–H groups in total. The lowest BCUT2D eigenvalue weighted by atomic mass is 9.98. The zero-order valence-electron chi connectivity index (χ0n) is 19.0. The number of hydrogen-bond donors (Lipinski definition) is 2. The van der Waals surface area contributed by atoms with Gasteiger partial charge in [0, 0.05) is 24.1 Å². The lowest BCUT2D eigenvalue weighted by Gasteiger charge is -2.28. The van der Waals surface area contributed by atoms with Crippen LogP contribution in [0.25, 0.3) is 11.1 Å². The number of nitrogens with zero attached hydrogens (tertiary/aromatic N) is 1. The van der Waals surface area contributed by atoms with Gasteiger partial charge < -0.3 is 20.1 Å². The number of rotatable bonds is 7. The van der Waals surface area contributed by atoms with Crippen molar-refractivity contribution in [2.24, 2.45) is 5.92 Å². The largest absolute Gasteiger partial charge is 0.480 e. The van der Waals surface area contributed by atoms with E-state index in [1.54, 1.807) is 18.7 Å². The van der Waals surface area contributed by atoms with Gasteiger partial charge in [0.15, 0.2) is 0 Å². The number of ether oxygens (including phenoxy) is 1. The van der Waals surface area contributed by atoms with Crippen LogP contribution in [0, 0.1) is 5.92 Å². The molecule has 2 amide bonds. The molecule has 3 aliphatic rings. The quantitative estimate of drug-likeness (QED) is 0.620. The number of benzene rings is 2. The van der Waals surface area contributed by atoms with E-state index in [4.69, 9.17) is 4.74 Å². The summed E-state index contributed by atoms with van der Waals surface area (Å²) in [5, 5.41) is 12.2. The molecule has 2 unspecified atom stereocenters. The minimum Gasteiger partial charge on any atom is -0.480 e. The van der Waals surface area contributed by atoms with Crippen molar-refractivity contribution in [1.29, 1.82) is 0 Å². The summed E-state index contributed by atoms with van der Waals surface area (Å²) in [5.41, 5.74) is 4.59. The molecule has 2 aromatic rings. The van der Waals surface area contributed by atoms with Gasteiger partial charge in [-0.2, -0.15) is 0 Å². The van der Waals surface area contributed by atoms with Gasteiger partial charge in [-0.15, -0.1) is 11.8 Å². The van der Waals surface area contributed by atoms with E-state index >= 15 is 0 Å². The van der Waals surface area contributed by atoms with Gasteiger partial charge in [0.05, 0.1) is 5.37 Å². The summed E-state index contributed by atoms with van der Waals surface area (Å²) < 4.78 is 5.57. The minimum atomic E-state index is -0.971. The third-order valence-electron chi connectivity index (χ3n) is 6.82. The number of thioether (sulfide) groups is 1. The van der Waals surface area contributed by atoms with Crippen LogP contribution >= 0.6 is 11.8 Å². The van der Waals surface area contributed by atoms with Gasteiger partial charge in [0.25, 0.3) is 0 Å². The summed E-state index contributed by atoms with van der Waals surface area (Å²) in [6.07, 6.45) is 1.52. The molecule has 34 heavy (non-hydrogen) atoms. The second-order valence-corrected chi connectivity index (χ2v) is 10.4. The lowest BCUT2D eigenvalue weighted by Crippen LogP contribution is -2.48. The average Bonchev–Trinajstić information content (AvgIpc) is 3.47. The molecule has 178 valence electrons. The van der Waals surface area contributed by atoms with Crippen molar-refractivity contribution in [2.45, 2.75) is 49.6 Å². The second kappa shape index (κ2) is 9.33. The molecule has 7 nitrogen and oxygen atoms in total. The van der Waals surface area contributed by atoms with E-state index in [0.29, 0.717) is 11.7 Å².